The SMILES string of the molecule is Cc1c(Cl)cccc1NC(=O)C(C)N1CCN(c2ccc([N+](=O)[O-])cc2)CC1. The maximum absolute atomic E-state index is 12.7. The minimum Gasteiger partial charge on any atom is -0.369 e. The predicted octanol–water partition coefficient (Wildman–Crippen LogP) is 3.71. The van der Waals surface area contributed by atoms with Crippen LogP contribution in [0, 0.1) is 17.0 Å². The van der Waals surface area contributed by atoms with Crippen LogP contribution in [0.25, 0.3) is 0 Å². The zero-order valence-electron chi connectivity index (χ0n) is 15.9. The fraction of sp³-hybridized carbons (Fsp3) is 0.350. The lowest BCUT2D eigenvalue weighted by Crippen LogP contribution is -2.52. The van der Waals surface area contributed by atoms with Crippen LogP contribution in [0.1, 0.15) is 12.5 Å². The zero-order chi connectivity index (χ0) is 20.3. The van der Waals surface area contributed by atoms with E-state index in [1.165, 1.54) is 12.1 Å². The summed E-state index contributed by atoms with van der Waals surface area (Å²) in [5.74, 6) is -0.0610. The fourth-order valence-electron chi connectivity index (χ4n) is 3.30. The Kier molecular flexibility index (Phi) is 6.16. The lowest BCUT2D eigenvalue weighted by molar-refractivity contribution is -0.384. The Morgan fingerprint density at radius 2 is 1.79 bits per heavy atom. The molecule has 7 nitrogen and oxygen atoms in total. The average molecular weight is 403 g/mol. The number of halogens is 1. The number of nitrogens with one attached hydrogen (secondary N) is 1. The lowest BCUT2D eigenvalue weighted by atomic mass is 10.1. The normalized spacial score (nSPS) is 15.9. The summed E-state index contributed by atoms with van der Waals surface area (Å²) in [4.78, 5) is 27.3. The van der Waals surface area contributed by atoms with Gasteiger partial charge in [0.1, 0.15) is 0 Å². The Morgan fingerprint density at radius 3 is 2.39 bits per heavy atom. The molecule has 1 unspecified atom stereocenters. The van der Waals surface area contributed by atoms with Crippen LogP contribution in [-0.2, 0) is 4.79 Å². The second-order valence-electron chi connectivity index (χ2n) is 6.87. The van der Waals surface area contributed by atoms with E-state index < -0.39 is 4.92 Å². The van der Waals surface area contributed by atoms with E-state index in [9.17, 15) is 14.9 Å². The highest BCUT2D eigenvalue weighted by Crippen LogP contribution is 2.24. The summed E-state index contributed by atoms with van der Waals surface area (Å²) in [6, 6.07) is 11.8. The van der Waals surface area contributed by atoms with Crippen molar-refractivity contribution in [3.8, 4) is 0 Å². The van der Waals surface area contributed by atoms with Crippen LogP contribution in [-0.4, -0.2) is 48.0 Å². The molecule has 148 valence electrons. The van der Waals surface area contributed by atoms with E-state index in [2.05, 4.69) is 15.1 Å². The number of hydrogen-bond donors (Lipinski definition) is 1. The van der Waals surface area contributed by atoms with Gasteiger partial charge in [-0.2, -0.15) is 0 Å². The fourth-order valence-corrected chi connectivity index (χ4v) is 3.47. The molecule has 0 radical (unpaired) electrons. The number of amides is 1. The first-order valence-corrected chi connectivity index (χ1v) is 9.54. The van der Waals surface area contributed by atoms with E-state index in [0.717, 1.165) is 43.1 Å². The maximum atomic E-state index is 12.7. The number of anilines is 2. The van der Waals surface area contributed by atoms with Crippen LogP contribution in [0.15, 0.2) is 42.5 Å². The van der Waals surface area contributed by atoms with Crippen LogP contribution < -0.4 is 10.2 Å². The second-order valence-corrected chi connectivity index (χ2v) is 7.28. The smallest absolute Gasteiger partial charge is 0.269 e. The molecule has 0 spiro atoms. The molecule has 8 heteroatoms. The molecule has 1 aliphatic heterocycles. The molecule has 0 aliphatic carbocycles. The van der Waals surface area contributed by atoms with Crippen molar-refractivity contribution in [2.45, 2.75) is 19.9 Å². The van der Waals surface area contributed by atoms with Gasteiger partial charge in [0.05, 0.1) is 11.0 Å². The number of rotatable bonds is 5. The van der Waals surface area contributed by atoms with Gasteiger partial charge < -0.3 is 10.2 Å². The van der Waals surface area contributed by atoms with Gasteiger partial charge in [-0.05, 0) is 43.7 Å². The molecule has 3 rings (SSSR count). The molecule has 1 aliphatic rings. The van der Waals surface area contributed by atoms with Crippen LogP contribution >= 0.6 is 11.6 Å². The summed E-state index contributed by atoms with van der Waals surface area (Å²) < 4.78 is 0. The van der Waals surface area contributed by atoms with Crippen molar-refractivity contribution in [2.75, 3.05) is 36.4 Å². The quantitative estimate of drug-likeness (QED) is 0.609. The van der Waals surface area contributed by atoms with Gasteiger partial charge in [0.2, 0.25) is 5.91 Å². The number of carbonyl (C=O) groups excluding carboxylic acids is 1. The molecule has 2 aromatic rings. The van der Waals surface area contributed by atoms with Gasteiger partial charge in [0, 0.05) is 54.7 Å². The summed E-state index contributed by atoms with van der Waals surface area (Å²) in [5.41, 5.74) is 2.63. The Morgan fingerprint density at radius 1 is 1.14 bits per heavy atom. The molecule has 1 fully saturated rings. The van der Waals surface area contributed by atoms with Gasteiger partial charge in [0.15, 0.2) is 0 Å². The third kappa shape index (κ3) is 4.43. The average Bonchev–Trinajstić information content (AvgIpc) is 2.71. The lowest BCUT2D eigenvalue weighted by Gasteiger charge is -2.38. The van der Waals surface area contributed by atoms with Crippen molar-refractivity contribution in [3.05, 3.63) is 63.2 Å². The Labute approximate surface area is 169 Å². The highest BCUT2D eigenvalue weighted by atomic mass is 35.5. The molecule has 0 bridgehead atoms. The number of nitro groups is 1. The molecule has 28 heavy (non-hydrogen) atoms. The number of carbonyl (C=O) groups is 1. The molecule has 1 N–H and O–H groups in total. The molecular weight excluding hydrogens is 380 g/mol. The molecule has 0 saturated carbocycles. The summed E-state index contributed by atoms with van der Waals surface area (Å²) in [7, 11) is 0. The minimum atomic E-state index is -0.399. The second kappa shape index (κ2) is 8.58. The monoisotopic (exact) mass is 402 g/mol. The van der Waals surface area contributed by atoms with Gasteiger partial charge in [-0.15, -0.1) is 0 Å². The van der Waals surface area contributed by atoms with E-state index in [0.29, 0.717) is 5.02 Å². The van der Waals surface area contributed by atoms with Gasteiger partial charge >= 0.3 is 0 Å². The molecule has 2 aromatic carbocycles. The van der Waals surface area contributed by atoms with Crippen molar-refractivity contribution in [1.82, 2.24) is 4.90 Å². The first kappa shape index (κ1) is 20.1. The van der Waals surface area contributed by atoms with E-state index in [1.54, 1.807) is 18.2 Å². The first-order chi connectivity index (χ1) is 13.4. The predicted molar refractivity (Wildman–Crippen MR) is 111 cm³/mol. The molecule has 1 atom stereocenters. The molecule has 1 amide bonds. The molecule has 0 aromatic heterocycles. The molecule has 1 saturated heterocycles. The Hall–Kier alpha value is -2.64. The minimum absolute atomic E-state index is 0.0610. The van der Waals surface area contributed by atoms with Gasteiger partial charge in [0.25, 0.3) is 5.69 Å². The molecule has 1 heterocycles. The van der Waals surface area contributed by atoms with E-state index in [-0.39, 0.29) is 17.6 Å². The number of nitro benzene ring substituents is 1. The summed E-state index contributed by atoms with van der Waals surface area (Å²) in [6.07, 6.45) is 0. The van der Waals surface area contributed by atoms with Gasteiger partial charge in [-0.1, -0.05) is 17.7 Å². The van der Waals surface area contributed by atoms with Crippen LogP contribution in [0.5, 0.6) is 0 Å². The summed E-state index contributed by atoms with van der Waals surface area (Å²) >= 11 is 6.12. The van der Waals surface area contributed by atoms with Crippen molar-refractivity contribution in [3.63, 3.8) is 0 Å². The number of nitrogens with zero attached hydrogens (tertiary/aromatic N) is 3. The van der Waals surface area contributed by atoms with Crippen molar-refractivity contribution in [1.29, 1.82) is 0 Å². The topological polar surface area (TPSA) is 78.7 Å². The highest BCUT2D eigenvalue weighted by molar-refractivity contribution is 6.31. The van der Waals surface area contributed by atoms with E-state index in [4.69, 9.17) is 11.6 Å². The molecular formula is C20H23ClN4O3. The zero-order valence-corrected chi connectivity index (χ0v) is 16.6. The van der Waals surface area contributed by atoms with Crippen molar-refractivity contribution >= 4 is 34.6 Å². The largest absolute Gasteiger partial charge is 0.369 e. The Balaban J connectivity index is 1.57. The number of non-ortho nitro benzene ring substituents is 1. The van der Waals surface area contributed by atoms with Crippen LogP contribution in [0.4, 0.5) is 17.1 Å². The number of hydrogen-bond acceptors (Lipinski definition) is 5. The first-order valence-electron chi connectivity index (χ1n) is 9.16. The highest BCUT2D eigenvalue weighted by Gasteiger charge is 2.26. The summed E-state index contributed by atoms with van der Waals surface area (Å²) in [5, 5.41) is 14.4. The number of piperazine rings is 1. The number of benzene rings is 2. The van der Waals surface area contributed by atoms with E-state index >= 15 is 0 Å². The van der Waals surface area contributed by atoms with Crippen LogP contribution in [0.2, 0.25) is 5.02 Å². The van der Waals surface area contributed by atoms with Gasteiger partial charge in [-0.25, -0.2) is 0 Å². The van der Waals surface area contributed by atoms with Crippen molar-refractivity contribution in [2.24, 2.45) is 0 Å². The standard InChI is InChI=1S/C20H23ClN4O3/c1-14-18(21)4-3-5-19(14)22-20(26)15(2)23-10-12-24(13-11-23)16-6-8-17(9-7-16)25(27)28/h3-9,15H,10-13H2,1-2H3,(H,22,26). The maximum Gasteiger partial charge on any atom is 0.269 e. The third-order valence-electron chi connectivity index (χ3n) is 5.19. The van der Waals surface area contributed by atoms with E-state index in [1.807, 2.05) is 26.0 Å². The summed E-state index contributed by atoms with van der Waals surface area (Å²) in [6.45, 7) is 6.76. The van der Waals surface area contributed by atoms with Crippen LogP contribution in [0.3, 0.4) is 0 Å². The third-order valence-corrected chi connectivity index (χ3v) is 5.60. The van der Waals surface area contributed by atoms with Crippen molar-refractivity contribution < 1.29 is 9.72 Å². The van der Waals surface area contributed by atoms with Gasteiger partial charge in [-0.3, -0.25) is 19.8 Å². The Bertz CT molecular complexity index is 864.